The van der Waals surface area contributed by atoms with Gasteiger partial charge in [-0.1, -0.05) is 32.0 Å². The summed E-state index contributed by atoms with van der Waals surface area (Å²) >= 11 is 0. The number of aryl methyl sites for hydroxylation is 2. The van der Waals surface area contributed by atoms with E-state index in [4.69, 9.17) is 0 Å². The van der Waals surface area contributed by atoms with Crippen molar-refractivity contribution in [2.45, 2.75) is 40.5 Å². The molecule has 0 radical (unpaired) electrons. The van der Waals surface area contributed by atoms with E-state index in [2.05, 4.69) is 5.32 Å². The SMILES string of the molecule is CCc1cccc(CC)c1NC(=O)C(=O)N(CC)CC. The molecule has 2 amide bonds. The molecule has 0 aliphatic heterocycles. The molecule has 0 fully saturated rings. The first kappa shape index (κ1) is 16.2. The van der Waals surface area contributed by atoms with Gasteiger partial charge in [0.2, 0.25) is 0 Å². The number of carbonyl (C=O) groups excluding carboxylic acids is 2. The molecule has 0 unspecified atom stereocenters. The number of nitrogens with zero attached hydrogens (tertiary/aromatic N) is 1. The number of benzene rings is 1. The largest absolute Gasteiger partial charge is 0.335 e. The Balaban J connectivity index is 2.98. The third-order valence-corrected chi connectivity index (χ3v) is 3.48. The van der Waals surface area contributed by atoms with E-state index in [1.807, 2.05) is 45.9 Å². The second kappa shape index (κ2) is 7.68. The molecule has 0 spiro atoms. The summed E-state index contributed by atoms with van der Waals surface area (Å²) in [5.41, 5.74) is 2.91. The number of para-hydroxylation sites is 1. The topological polar surface area (TPSA) is 49.4 Å². The smallest absolute Gasteiger partial charge is 0.313 e. The zero-order valence-electron chi connectivity index (χ0n) is 12.8. The predicted molar refractivity (Wildman–Crippen MR) is 81.8 cm³/mol. The molecule has 1 aromatic rings. The van der Waals surface area contributed by atoms with E-state index in [1.165, 1.54) is 4.90 Å². The lowest BCUT2D eigenvalue weighted by molar-refractivity contribution is -0.142. The van der Waals surface area contributed by atoms with Gasteiger partial charge in [0.1, 0.15) is 0 Å². The Bertz CT molecular complexity index is 457. The van der Waals surface area contributed by atoms with Gasteiger partial charge >= 0.3 is 11.8 Å². The molecule has 20 heavy (non-hydrogen) atoms. The van der Waals surface area contributed by atoms with Gasteiger partial charge in [0.15, 0.2) is 0 Å². The molecule has 0 atom stereocenters. The molecule has 0 aromatic heterocycles. The van der Waals surface area contributed by atoms with Gasteiger partial charge in [0.05, 0.1) is 0 Å². The molecule has 0 saturated heterocycles. The van der Waals surface area contributed by atoms with E-state index < -0.39 is 11.8 Å². The highest BCUT2D eigenvalue weighted by atomic mass is 16.2. The van der Waals surface area contributed by atoms with Crippen molar-refractivity contribution in [1.29, 1.82) is 0 Å². The standard InChI is InChI=1S/C16H24N2O2/c1-5-12-10-9-11-13(6-2)14(12)17-15(19)16(20)18(7-3)8-4/h9-11H,5-8H2,1-4H3,(H,17,19). The van der Waals surface area contributed by atoms with E-state index >= 15 is 0 Å². The fraction of sp³-hybridized carbons (Fsp3) is 0.500. The number of carbonyl (C=O) groups is 2. The number of nitrogens with one attached hydrogen (secondary N) is 1. The molecule has 0 aliphatic rings. The molecule has 110 valence electrons. The maximum Gasteiger partial charge on any atom is 0.313 e. The number of amides is 2. The summed E-state index contributed by atoms with van der Waals surface area (Å²) in [6.45, 7) is 8.89. The second-order valence-corrected chi connectivity index (χ2v) is 4.59. The molecular formula is C16H24N2O2. The van der Waals surface area contributed by atoms with Crippen LogP contribution in [-0.2, 0) is 22.4 Å². The van der Waals surface area contributed by atoms with Gasteiger partial charge in [-0.25, -0.2) is 0 Å². The Morgan fingerprint density at radius 2 is 1.50 bits per heavy atom. The third kappa shape index (κ3) is 3.59. The molecule has 1 aromatic carbocycles. The Hall–Kier alpha value is -1.84. The number of hydrogen-bond donors (Lipinski definition) is 1. The molecule has 0 saturated carbocycles. The van der Waals surface area contributed by atoms with Crippen molar-refractivity contribution in [3.8, 4) is 0 Å². The summed E-state index contributed by atoms with van der Waals surface area (Å²) in [6.07, 6.45) is 1.64. The fourth-order valence-corrected chi connectivity index (χ4v) is 2.22. The average Bonchev–Trinajstić information content (AvgIpc) is 2.48. The summed E-state index contributed by atoms with van der Waals surface area (Å²) < 4.78 is 0. The van der Waals surface area contributed by atoms with Crippen LogP contribution in [0.15, 0.2) is 18.2 Å². The minimum absolute atomic E-state index is 0.469. The van der Waals surface area contributed by atoms with Crippen LogP contribution in [0.2, 0.25) is 0 Å². The first-order valence-corrected chi connectivity index (χ1v) is 7.29. The number of hydrogen-bond acceptors (Lipinski definition) is 2. The van der Waals surface area contributed by atoms with Crippen molar-refractivity contribution >= 4 is 17.5 Å². The van der Waals surface area contributed by atoms with Crippen LogP contribution < -0.4 is 5.32 Å². The molecule has 1 rings (SSSR count). The highest BCUT2D eigenvalue weighted by Crippen LogP contribution is 2.22. The molecule has 0 aliphatic carbocycles. The first-order chi connectivity index (χ1) is 9.58. The van der Waals surface area contributed by atoms with Crippen LogP contribution in [0.1, 0.15) is 38.8 Å². The fourth-order valence-electron chi connectivity index (χ4n) is 2.22. The van der Waals surface area contributed by atoms with Crippen molar-refractivity contribution in [1.82, 2.24) is 4.90 Å². The minimum atomic E-state index is -0.552. The quantitative estimate of drug-likeness (QED) is 0.840. The Morgan fingerprint density at radius 3 is 1.90 bits per heavy atom. The number of likely N-dealkylation sites (N-methyl/N-ethyl adjacent to an activating group) is 1. The normalized spacial score (nSPS) is 10.2. The molecule has 1 N–H and O–H groups in total. The summed E-state index contributed by atoms with van der Waals surface area (Å²) in [4.78, 5) is 25.7. The monoisotopic (exact) mass is 276 g/mol. The van der Waals surface area contributed by atoms with E-state index in [0.717, 1.165) is 29.7 Å². The van der Waals surface area contributed by atoms with Crippen molar-refractivity contribution in [3.05, 3.63) is 29.3 Å². The van der Waals surface area contributed by atoms with Crippen molar-refractivity contribution in [2.24, 2.45) is 0 Å². The second-order valence-electron chi connectivity index (χ2n) is 4.59. The van der Waals surface area contributed by atoms with Gasteiger partial charge in [0, 0.05) is 18.8 Å². The number of rotatable bonds is 5. The van der Waals surface area contributed by atoms with E-state index in [1.54, 1.807) is 0 Å². The van der Waals surface area contributed by atoms with Crippen LogP contribution >= 0.6 is 0 Å². The highest BCUT2D eigenvalue weighted by molar-refractivity contribution is 6.39. The molecule has 4 heteroatoms. The van der Waals surface area contributed by atoms with E-state index in [-0.39, 0.29) is 0 Å². The van der Waals surface area contributed by atoms with Gasteiger partial charge in [-0.3, -0.25) is 9.59 Å². The summed E-state index contributed by atoms with van der Waals surface area (Å²) in [7, 11) is 0. The molecule has 0 heterocycles. The van der Waals surface area contributed by atoms with Crippen LogP contribution in [-0.4, -0.2) is 29.8 Å². The lowest BCUT2D eigenvalue weighted by Gasteiger charge is -2.19. The summed E-state index contributed by atoms with van der Waals surface area (Å²) in [5, 5.41) is 2.80. The average molecular weight is 276 g/mol. The van der Waals surface area contributed by atoms with Crippen LogP contribution in [0.25, 0.3) is 0 Å². The van der Waals surface area contributed by atoms with Crippen LogP contribution in [0, 0.1) is 0 Å². The highest BCUT2D eigenvalue weighted by Gasteiger charge is 2.21. The Labute approximate surface area is 121 Å². The summed E-state index contributed by atoms with van der Waals surface area (Å²) in [5.74, 6) is -1.02. The van der Waals surface area contributed by atoms with Crippen molar-refractivity contribution in [2.75, 3.05) is 18.4 Å². The third-order valence-electron chi connectivity index (χ3n) is 3.48. The van der Waals surface area contributed by atoms with Crippen molar-refractivity contribution in [3.63, 3.8) is 0 Å². The first-order valence-electron chi connectivity index (χ1n) is 7.29. The van der Waals surface area contributed by atoms with Crippen LogP contribution in [0.5, 0.6) is 0 Å². The van der Waals surface area contributed by atoms with Crippen LogP contribution in [0.3, 0.4) is 0 Å². The lowest BCUT2D eigenvalue weighted by Crippen LogP contribution is -2.39. The maximum absolute atomic E-state index is 12.1. The zero-order valence-corrected chi connectivity index (χ0v) is 12.8. The van der Waals surface area contributed by atoms with E-state index in [0.29, 0.717) is 13.1 Å². The van der Waals surface area contributed by atoms with E-state index in [9.17, 15) is 9.59 Å². The van der Waals surface area contributed by atoms with Gasteiger partial charge in [-0.05, 0) is 37.8 Å². The summed E-state index contributed by atoms with van der Waals surface area (Å²) in [6, 6.07) is 5.95. The Morgan fingerprint density at radius 1 is 1.00 bits per heavy atom. The van der Waals surface area contributed by atoms with Crippen LogP contribution in [0.4, 0.5) is 5.69 Å². The van der Waals surface area contributed by atoms with Gasteiger partial charge in [-0.2, -0.15) is 0 Å². The maximum atomic E-state index is 12.1. The van der Waals surface area contributed by atoms with Crippen molar-refractivity contribution < 1.29 is 9.59 Å². The predicted octanol–water partition coefficient (Wildman–Crippen LogP) is 2.62. The Kier molecular flexibility index (Phi) is 6.22. The lowest BCUT2D eigenvalue weighted by atomic mass is 10.0. The molecular weight excluding hydrogens is 252 g/mol. The minimum Gasteiger partial charge on any atom is -0.335 e. The van der Waals surface area contributed by atoms with Gasteiger partial charge in [0.25, 0.3) is 0 Å². The zero-order chi connectivity index (χ0) is 15.1. The van der Waals surface area contributed by atoms with Gasteiger partial charge < -0.3 is 10.2 Å². The molecule has 0 bridgehead atoms. The molecule has 4 nitrogen and oxygen atoms in total. The number of anilines is 1. The van der Waals surface area contributed by atoms with Gasteiger partial charge in [-0.15, -0.1) is 0 Å².